The van der Waals surface area contributed by atoms with Gasteiger partial charge in [-0.1, -0.05) is 82.3 Å². The van der Waals surface area contributed by atoms with Crippen LogP contribution in [0.5, 0.6) is 28.7 Å². The lowest BCUT2D eigenvalue weighted by Gasteiger charge is -2.27. The van der Waals surface area contributed by atoms with Crippen LogP contribution in [0.4, 0.5) is 0 Å². The van der Waals surface area contributed by atoms with E-state index in [0.29, 0.717) is 60.9 Å². The van der Waals surface area contributed by atoms with Crippen molar-refractivity contribution in [3.63, 3.8) is 0 Å². The average Bonchev–Trinajstić information content (AvgIpc) is 3.77. The largest absolute Gasteiger partial charge is 0.508 e. The highest BCUT2D eigenvalue weighted by molar-refractivity contribution is 8.76. The van der Waals surface area contributed by atoms with E-state index in [1.54, 1.807) is 38.3 Å². The third-order valence-corrected chi connectivity index (χ3v) is 14.3. The number of ketones is 1. The zero-order valence-corrected chi connectivity index (χ0v) is 37.5. The fraction of sp³-hybridized carbons (Fsp3) is 0.340. The van der Waals surface area contributed by atoms with E-state index in [1.165, 1.54) is 21.6 Å². The summed E-state index contributed by atoms with van der Waals surface area (Å²) in [4.78, 5) is 18.1. The first kappa shape index (κ1) is 45.9. The molecule has 11 nitrogen and oxygen atoms in total. The maximum atomic E-state index is 15.0. The number of aromatic amines is 1. The first-order valence-electron chi connectivity index (χ1n) is 21.2. The Morgan fingerprint density at radius 3 is 2.49 bits per heavy atom. The van der Waals surface area contributed by atoms with Crippen molar-refractivity contribution in [2.45, 2.75) is 68.9 Å². The second kappa shape index (κ2) is 21.0. The van der Waals surface area contributed by atoms with Gasteiger partial charge in [-0.3, -0.25) is 10.1 Å². The van der Waals surface area contributed by atoms with Crippen molar-refractivity contribution >= 4 is 38.1 Å². The zero-order chi connectivity index (χ0) is 44.5. The summed E-state index contributed by atoms with van der Waals surface area (Å²) in [5.74, 6) is 0.193. The molecular formula is C50H57N3O8S2. The normalized spacial score (nSPS) is 17.2. The summed E-state index contributed by atoms with van der Waals surface area (Å²) in [5.41, 5.74) is 5.71. The Kier molecular flexibility index (Phi) is 15.3. The molecule has 1 aliphatic rings. The highest BCUT2D eigenvalue weighted by atomic mass is 33.1. The van der Waals surface area contributed by atoms with Crippen LogP contribution in [0.15, 0.2) is 103 Å². The number of nitrogens with one attached hydrogen (secondary N) is 3. The van der Waals surface area contributed by atoms with Crippen molar-refractivity contribution < 1.29 is 39.8 Å². The fourth-order valence-electron chi connectivity index (χ4n) is 8.61. The van der Waals surface area contributed by atoms with Crippen LogP contribution in [-0.4, -0.2) is 81.2 Å². The molecular weight excluding hydrogens is 835 g/mol. The van der Waals surface area contributed by atoms with Gasteiger partial charge in [-0.2, -0.15) is 0 Å². The zero-order valence-electron chi connectivity index (χ0n) is 35.9. The number of aliphatic hydroxyl groups excluding tert-OH is 1. The third kappa shape index (κ3) is 11.5. The number of rotatable bonds is 16. The molecule has 2 heterocycles. The van der Waals surface area contributed by atoms with Gasteiger partial charge in [-0.15, -0.1) is 0 Å². The first-order valence-corrected chi connectivity index (χ1v) is 23.7. The van der Waals surface area contributed by atoms with Gasteiger partial charge >= 0.3 is 0 Å². The molecule has 0 radical (unpaired) electrons. The van der Waals surface area contributed by atoms with E-state index in [1.807, 2.05) is 61.9 Å². The summed E-state index contributed by atoms with van der Waals surface area (Å²) in [6.45, 7) is 2.59. The Balaban J connectivity index is 1.23. The Morgan fingerprint density at radius 2 is 1.70 bits per heavy atom. The van der Waals surface area contributed by atoms with E-state index in [9.17, 15) is 25.5 Å². The van der Waals surface area contributed by atoms with Crippen LogP contribution < -0.4 is 20.1 Å². The van der Waals surface area contributed by atoms with Crippen LogP contribution in [0.1, 0.15) is 63.8 Å². The minimum Gasteiger partial charge on any atom is -0.508 e. The summed E-state index contributed by atoms with van der Waals surface area (Å²) < 4.78 is 11.9. The fourth-order valence-corrected chi connectivity index (χ4v) is 11.2. The topological polar surface area (TPSA) is 177 Å². The lowest BCUT2D eigenvalue weighted by molar-refractivity contribution is -0.123. The minimum absolute atomic E-state index is 0.0241. The number of fused-ring (bicyclic) bond motifs is 2. The molecule has 6 aromatic rings. The number of H-pyrrole nitrogens is 1. The predicted molar refractivity (Wildman–Crippen MR) is 252 cm³/mol. The van der Waals surface area contributed by atoms with Crippen molar-refractivity contribution in [1.82, 2.24) is 15.6 Å². The van der Waals surface area contributed by atoms with Crippen LogP contribution >= 0.6 is 21.6 Å². The van der Waals surface area contributed by atoms with E-state index in [0.717, 1.165) is 49.7 Å². The van der Waals surface area contributed by atoms with Crippen molar-refractivity contribution in [1.29, 1.82) is 0 Å². The van der Waals surface area contributed by atoms with Gasteiger partial charge < -0.3 is 45.3 Å². The maximum absolute atomic E-state index is 15.0. The average molecular weight is 892 g/mol. The quantitative estimate of drug-likeness (QED) is 0.0442. The van der Waals surface area contributed by atoms with E-state index in [4.69, 9.17) is 9.47 Å². The molecule has 332 valence electrons. The molecule has 0 spiro atoms. The number of Topliss-reactive ketones (excluding diaryl/α,β-unsaturated/α-hetero) is 1. The molecule has 0 saturated heterocycles. The number of hydrogen-bond donors (Lipinski definition) is 8. The minimum atomic E-state index is -1.08. The van der Waals surface area contributed by atoms with Gasteiger partial charge in [0.25, 0.3) is 0 Å². The summed E-state index contributed by atoms with van der Waals surface area (Å²) in [5, 5.41) is 64.7. The molecule has 5 aromatic carbocycles. The number of phenols is 3. The third-order valence-electron chi connectivity index (χ3n) is 11.8. The predicted octanol–water partition coefficient (Wildman–Crippen LogP) is 7.92. The number of benzene rings is 5. The second-order valence-electron chi connectivity index (χ2n) is 16.7. The number of β-amino-alcohol motifs (C(OH)–C–C–N with tert-alkyl or cyclic N) is 1. The number of phenolic OH excluding ortho intramolecular Hbond substituents is 3. The number of hydrogen-bond acceptors (Lipinski definition) is 12. The summed E-state index contributed by atoms with van der Waals surface area (Å²) in [7, 11) is 6.41. The smallest absolute Gasteiger partial charge is 0.167 e. The molecule has 13 heteroatoms. The number of carbonyl (C=O) groups excluding carboxylic acids is 1. The summed E-state index contributed by atoms with van der Waals surface area (Å²) in [6, 6.07) is 28.4. The first-order chi connectivity index (χ1) is 30.4. The molecule has 0 saturated carbocycles. The Morgan fingerprint density at radius 1 is 0.905 bits per heavy atom. The number of aromatic nitrogens is 1. The maximum Gasteiger partial charge on any atom is 0.167 e. The molecule has 7 rings (SSSR count). The SMILES string of the molecule is CNCc1cc(O)cc(C(Cc2ccc(O)c3c2CSSCC(C)(O)CNCO3)C(=O)CC(O)C(Cc2cc[nH]c2)Cc2ccc(O)c(OC)c2Cc2cccc3ccccc23)c1. The van der Waals surface area contributed by atoms with Crippen molar-refractivity contribution in [3.8, 4) is 28.7 Å². The van der Waals surface area contributed by atoms with E-state index >= 15 is 4.79 Å². The van der Waals surface area contributed by atoms with Crippen molar-refractivity contribution in [3.05, 3.63) is 148 Å². The Hall–Kier alpha value is -5.15. The van der Waals surface area contributed by atoms with Crippen LogP contribution in [0.3, 0.4) is 0 Å². The number of methoxy groups -OCH3 is 1. The molecule has 0 fully saturated rings. The van der Waals surface area contributed by atoms with Gasteiger partial charge in [-0.25, -0.2) is 0 Å². The van der Waals surface area contributed by atoms with Gasteiger partial charge in [0, 0.05) is 66.9 Å². The summed E-state index contributed by atoms with van der Waals surface area (Å²) >= 11 is 0. The molecule has 63 heavy (non-hydrogen) atoms. The molecule has 1 aliphatic heterocycles. The Bertz CT molecular complexity index is 2490. The van der Waals surface area contributed by atoms with Gasteiger partial charge in [0.15, 0.2) is 23.0 Å². The van der Waals surface area contributed by atoms with E-state index in [2.05, 4.69) is 39.9 Å². The van der Waals surface area contributed by atoms with Gasteiger partial charge in [0.2, 0.25) is 0 Å². The second-order valence-corrected chi connectivity index (χ2v) is 19.2. The van der Waals surface area contributed by atoms with Gasteiger partial charge in [-0.05, 0) is 114 Å². The molecule has 8 N–H and O–H groups in total. The highest BCUT2D eigenvalue weighted by Crippen LogP contribution is 2.42. The van der Waals surface area contributed by atoms with Crippen molar-refractivity contribution in [2.24, 2.45) is 5.92 Å². The molecule has 0 bridgehead atoms. The number of ether oxygens (including phenoxy) is 2. The monoisotopic (exact) mass is 891 g/mol. The Labute approximate surface area is 376 Å². The molecule has 4 atom stereocenters. The molecule has 4 unspecified atom stereocenters. The molecule has 0 amide bonds. The lowest BCUT2D eigenvalue weighted by Crippen LogP contribution is -2.41. The number of aliphatic hydroxyl groups is 2. The number of aromatic hydroxyl groups is 3. The van der Waals surface area contributed by atoms with Crippen LogP contribution in [0, 0.1) is 5.92 Å². The standard InChI is InChI=1S/C50H57N3O8S2/c1-50(59)28-53-30-61-49-43(27-62-63-29-50)36(12-14-45(49)56)22-41(37-18-32(25-51-2)19-39(54)21-37)47(58)24-46(57)38(17-31-15-16-52-26-31)20-35-11-13-44(55)48(60-3)42(35)23-34-9-6-8-33-7-4-5-10-40(33)34/h4-16,18-19,21,26,38,41,46,51-57,59H,17,20,22-25,27-30H2,1-3H3. The molecule has 1 aromatic heterocycles. The van der Waals surface area contributed by atoms with E-state index in [-0.39, 0.29) is 42.6 Å². The van der Waals surface area contributed by atoms with Gasteiger partial charge in [0.05, 0.1) is 18.8 Å². The van der Waals surface area contributed by atoms with Crippen molar-refractivity contribution in [2.75, 3.05) is 33.2 Å². The van der Waals surface area contributed by atoms with Crippen LogP contribution in [0.2, 0.25) is 0 Å². The van der Waals surface area contributed by atoms with Crippen LogP contribution in [-0.2, 0) is 42.8 Å². The van der Waals surface area contributed by atoms with Crippen LogP contribution in [0.25, 0.3) is 10.8 Å². The number of carbonyl (C=O) groups is 1. The molecule has 0 aliphatic carbocycles. The highest BCUT2D eigenvalue weighted by Gasteiger charge is 2.32. The van der Waals surface area contributed by atoms with Gasteiger partial charge in [0.1, 0.15) is 18.3 Å². The lowest BCUT2D eigenvalue weighted by atomic mass is 9.80. The van der Waals surface area contributed by atoms with E-state index < -0.39 is 23.5 Å². The summed E-state index contributed by atoms with van der Waals surface area (Å²) in [6.07, 6.45) is 4.02.